The molecule has 2 aliphatic rings. The normalized spacial score (nSPS) is 30.1. The van der Waals surface area contributed by atoms with Crippen molar-refractivity contribution in [3.8, 4) is 0 Å². The highest BCUT2D eigenvalue weighted by atomic mass is 32.2. The lowest BCUT2D eigenvalue weighted by Crippen LogP contribution is -2.50. The number of nitrogens with one attached hydrogen (secondary N) is 1. The van der Waals surface area contributed by atoms with Crippen LogP contribution in [0.2, 0.25) is 0 Å². The molecule has 0 radical (unpaired) electrons. The van der Waals surface area contributed by atoms with Crippen molar-refractivity contribution in [1.29, 1.82) is 0 Å². The lowest BCUT2D eigenvalue weighted by molar-refractivity contribution is -0.134. The summed E-state index contributed by atoms with van der Waals surface area (Å²) in [7, 11) is 0. The topological polar surface area (TPSA) is 32.3 Å². The van der Waals surface area contributed by atoms with Crippen molar-refractivity contribution in [3.05, 3.63) is 0 Å². The van der Waals surface area contributed by atoms with Crippen LogP contribution in [0.15, 0.2) is 0 Å². The molecule has 2 fully saturated rings. The van der Waals surface area contributed by atoms with Crippen molar-refractivity contribution in [1.82, 2.24) is 10.2 Å². The van der Waals surface area contributed by atoms with Gasteiger partial charge in [-0.15, -0.1) is 0 Å². The number of piperidine rings is 1. The van der Waals surface area contributed by atoms with E-state index in [2.05, 4.69) is 16.5 Å². The van der Waals surface area contributed by atoms with E-state index in [1.165, 1.54) is 44.9 Å². The van der Waals surface area contributed by atoms with E-state index >= 15 is 0 Å². The van der Waals surface area contributed by atoms with Crippen LogP contribution in [-0.4, -0.2) is 47.5 Å². The summed E-state index contributed by atoms with van der Waals surface area (Å²) in [6, 6.07) is 0.527. The highest BCUT2D eigenvalue weighted by Crippen LogP contribution is 2.27. The van der Waals surface area contributed by atoms with Crippen LogP contribution in [0.3, 0.4) is 0 Å². The number of hydrogen-bond acceptors (Lipinski definition) is 3. The Morgan fingerprint density at radius 1 is 1.21 bits per heavy atom. The summed E-state index contributed by atoms with van der Waals surface area (Å²) in [5.41, 5.74) is 0. The molecule has 1 N–H and O–H groups in total. The Hall–Kier alpha value is -0.220. The van der Waals surface area contributed by atoms with Gasteiger partial charge in [0.15, 0.2) is 0 Å². The number of nitrogens with zero attached hydrogens (tertiary/aromatic N) is 1. The fourth-order valence-electron chi connectivity index (χ4n) is 3.32. The van der Waals surface area contributed by atoms with Gasteiger partial charge in [0.05, 0.1) is 6.04 Å². The molecule has 1 saturated carbocycles. The first-order valence-electron chi connectivity index (χ1n) is 7.78. The van der Waals surface area contributed by atoms with Crippen LogP contribution in [0.5, 0.6) is 0 Å². The first kappa shape index (κ1) is 15.2. The van der Waals surface area contributed by atoms with E-state index in [1.54, 1.807) is 0 Å². The summed E-state index contributed by atoms with van der Waals surface area (Å²) in [6.07, 6.45) is 10.9. The van der Waals surface area contributed by atoms with Crippen LogP contribution in [0.1, 0.15) is 51.9 Å². The predicted molar refractivity (Wildman–Crippen MR) is 82.6 cm³/mol. The molecule has 4 heteroatoms. The summed E-state index contributed by atoms with van der Waals surface area (Å²) in [5.74, 6) is 0.311. The second-order valence-electron chi connectivity index (χ2n) is 6.00. The Labute approximate surface area is 121 Å². The van der Waals surface area contributed by atoms with E-state index in [9.17, 15) is 4.79 Å². The van der Waals surface area contributed by atoms with Gasteiger partial charge in [0.1, 0.15) is 0 Å². The van der Waals surface area contributed by atoms with Crippen molar-refractivity contribution < 1.29 is 4.79 Å². The maximum absolute atomic E-state index is 12.4. The molecule has 0 aromatic rings. The smallest absolute Gasteiger partial charge is 0.239 e. The SMILES string of the molecule is CSC1CCCC(NC(C)C(=O)N2CCCCC2)C1. The van der Waals surface area contributed by atoms with Gasteiger partial charge in [0.2, 0.25) is 5.91 Å². The summed E-state index contributed by atoms with van der Waals surface area (Å²) < 4.78 is 0. The van der Waals surface area contributed by atoms with Crippen LogP contribution in [0, 0.1) is 0 Å². The maximum Gasteiger partial charge on any atom is 0.239 e. The van der Waals surface area contributed by atoms with Gasteiger partial charge in [-0.05, 0) is 51.7 Å². The van der Waals surface area contributed by atoms with Crippen molar-refractivity contribution in [2.45, 2.75) is 69.2 Å². The van der Waals surface area contributed by atoms with E-state index in [4.69, 9.17) is 0 Å². The Morgan fingerprint density at radius 2 is 1.95 bits per heavy atom. The highest BCUT2D eigenvalue weighted by molar-refractivity contribution is 7.99. The molecule has 1 aliphatic heterocycles. The minimum Gasteiger partial charge on any atom is -0.341 e. The van der Waals surface area contributed by atoms with E-state index in [0.29, 0.717) is 11.9 Å². The molecule has 110 valence electrons. The predicted octanol–water partition coefficient (Wildman–Crippen LogP) is 2.65. The van der Waals surface area contributed by atoms with Crippen LogP contribution in [0.4, 0.5) is 0 Å². The van der Waals surface area contributed by atoms with Crippen molar-refractivity contribution in [3.63, 3.8) is 0 Å². The number of carbonyl (C=O) groups is 1. The van der Waals surface area contributed by atoms with Crippen molar-refractivity contribution >= 4 is 17.7 Å². The van der Waals surface area contributed by atoms with E-state index in [1.807, 2.05) is 18.7 Å². The molecule has 0 aromatic carbocycles. The summed E-state index contributed by atoms with van der Waals surface area (Å²) in [4.78, 5) is 14.4. The Kier molecular flexibility index (Phi) is 6.02. The highest BCUT2D eigenvalue weighted by Gasteiger charge is 2.27. The van der Waals surface area contributed by atoms with Crippen LogP contribution in [-0.2, 0) is 4.79 Å². The minimum atomic E-state index is -0.0105. The molecular formula is C15H28N2OS. The van der Waals surface area contributed by atoms with Gasteiger partial charge >= 0.3 is 0 Å². The summed E-state index contributed by atoms with van der Waals surface area (Å²) in [5, 5.41) is 4.36. The van der Waals surface area contributed by atoms with E-state index < -0.39 is 0 Å². The number of amides is 1. The van der Waals surface area contributed by atoms with Gasteiger partial charge in [-0.2, -0.15) is 11.8 Å². The zero-order valence-corrected chi connectivity index (χ0v) is 13.2. The monoisotopic (exact) mass is 284 g/mol. The molecule has 3 unspecified atom stereocenters. The number of hydrogen-bond donors (Lipinski definition) is 1. The molecule has 0 bridgehead atoms. The Bertz CT molecular complexity index is 292. The molecular weight excluding hydrogens is 256 g/mol. The zero-order chi connectivity index (χ0) is 13.7. The molecule has 1 heterocycles. The second kappa shape index (κ2) is 7.53. The summed E-state index contributed by atoms with van der Waals surface area (Å²) in [6.45, 7) is 3.96. The molecule has 0 spiro atoms. The zero-order valence-electron chi connectivity index (χ0n) is 12.4. The van der Waals surface area contributed by atoms with E-state index in [-0.39, 0.29) is 6.04 Å². The molecule has 1 saturated heterocycles. The third kappa shape index (κ3) is 4.38. The van der Waals surface area contributed by atoms with Crippen molar-refractivity contribution in [2.24, 2.45) is 0 Å². The summed E-state index contributed by atoms with van der Waals surface area (Å²) >= 11 is 1.98. The number of rotatable bonds is 4. The molecule has 1 amide bonds. The third-order valence-corrected chi connectivity index (χ3v) is 5.58. The molecule has 19 heavy (non-hydrogen) atoms. The number of likely N-dealkylation sites (tertiary alicyclic amines) is 1. The largest absolute Gasteiger partial charge is 0.341 e. The second-order valence-corrected chi connectivity index (χ2v) is 7.13. The molecule has 3 nitrogen and oxygen atoms in total. The maximum atomic E-state index is 12.4. The first-order valence-corrected chi connectivity index (χ1v) is 9.07. The number of thioether (sulfide) groups is 1. The van der Waals surface area contributed by atoms with Gasteiger partial charge < -0.3 is 10.2 Å². The van der Waals surface area contributed by atoms with E-state index in [0.717, 1.165) is 18.3 Å². The number of carbonyl (C=O) groups excluding carboxylic acids is 1. The van der Waals surface area contributed by atoms with Gasteiger partial charge in [0.25, 0.3) is 0 Å². The lowest BCUT2D eigenvalue weighted by Gasteiger charge is -2.34. The third-order valence-electron chi connectivity index (χ3n) is 4.48. The Morgan fingerprint density at radius 3 is 2.63 bits per heavy atom. The lowest BCUT2D eigenvalue weighted by atomic mass is 9.94. The fourth-order valence-corrected chi connectivity index (χ4v) is 4.15. The van der Waals surface area contributed by atoms with Gasteiger partial charge in [0, 0.05) is 24.4 Å². The van der Waals surface area contributed by atoms with Crippen LogP contribution in [0.25, 0.3) is 0 Å². The quantitative estimate of drug-likeness (QED) is 0.861. The minimum absolute atomic E-state index is 0.0105. The average Bonchev–Trinajstić information content (AvgIpc) is 2.47. The van der Waals surface area contributed by atoms with Crippen LogP contribution >= 0.6 is 11.8 Å². The van der Waals surface area contributed by atoms with Crippen LogP contribution < -0.4 is 5.32 Å². The van der Waals surface area contributed by atoms with Gasteiger partial charge in [-0.3, -0.25) is 4.79 Å². The molecule has 1 aliphatic carbocycles. The van der Waals surface area contributed by atoms with Gasteiger partial charge in [-0.1, -0.05) is 6.42 Å². The average molecular weight is 284 g/mol. The molecule has 3 atom stereocenters. The Balaban J connectivity index is 1.79. The fraction of sp³-hybridized carbons (Fsp3) is 0.933. The van der Waals surface area contributed by atoms with Gasteiger partial charge in [-0.25, -0.2) is 0 Å². The molecule has 2 rings (SSSR count). The standard InChI is InChI=1S/C15H28N2OS/c1-12(15(18)17-9-4-3-5-10-17)16-13-7-6-8-14(11-13)19-2/h12-14,16H,3-11H2,1-2H3. The van der Waals surface area contributed by atoms with Crippen molar-refractivity contribution in [2.75, 3.05) is 19.3 Å². The molecule has 0 aromatic heterocycles. The first-order chi connectivity index (χ1) is 9.20.